The largest absolute Gasteiger partial charge is 0.310 e. The highest BCUT2D eigenvalue weighted by Gasteiger charge is 2.15. The Kier molecular flexibility index (Phi) is 10.3. The number of nitrogens with zero attached hydrogens (tertiary/aromatic N) is 2. The zero-order valence-corrected chi connectivity index (χ0v) is 27.1. The van der Waals surface area contributed by atoms with Gasteiger partial charge < -0.3 is 9.80 Å². The molecule has 0 saturated carbocycles. The topological polar surface area (TPSA) is 6.48 Å². The van der Waals surface area contributed by atoms with E-state index in [-0.39, 0.29) is 0 Å². The molecule has 0 bridgehead atoms. The van der Waals surface area contributed by atoms with E-state index >= 15 is 0 Å². The molecule has 2 nitrogen and oxygen atoms in total. The smallest absolute Gasteiger partial charge is 0.0464 e. The second-order valence-electron chi connectivity index (χ2n) is 12.0. The molecule has 0 amide bonds. The van der Waals surface area contributed by atoms with Gasteiger partial charge in [-0.2, -0.15) is 0 Å². The van der Waals surface area contributed by atoms with Crippen molar-refractivity contribution in [1.29, 1.82) is 0 Å². The molecule has 6 rings (SSSR count). The lowest BCUT2D eigenvalue weighted by molar-refractivity contribution is 0.795. The fraction of sp³-hybridized carbons (Fsp3) is 0.182. The van der Waals surface area contributed by atoms with E-state index in [9.17, 15) is 0 Å². The molecule has 0 heterocycles. The van der Waals surface area contributed by atoms with Gasteiger partial charge in [0.1, 0.15) is 0 Å². The van der Waals surface area contributed by atoms with Crippen LogP contribution in [0.4, 0.5) is 34.1 Å². The second-order valence-corrected chi connectivity index (χ2v) is 12.0. The molecular weight excluding hydrogens is 556 g/mol. The average molecular weight is 601 g/mol. The van der Waals surface area contributed by atoms with E-state index in [1.54, 1.807) is 0 Å². The van der Waals surface area contributed by atoms with Crippen LogP contribution in [0.1, 0.15) is 50.7 Å². The monoisotopic (exact) mass is 600 g/mol. The van der Waals surface area contributed by atoms with Gasteiger partial charge in [0, 0.05) is 34.1 Å². The highest BCUT2D eigenvalue weighted by Crippen LogP contribution is 2.38. The van der Waals surface area contributed by atoms with Crippen LogP contribution in [-0.2, 0) is 12.8 Å². The molecule has 0 aliphatic rings. The summed E-state index contributed by atoms with van der Waals surface area (Å²) in [4.78, 5) is 4.71. The molecule has 2 heteroatoms. The Hall–Kier alpha value is -5.08. The van der Waals surface area contributed by atoms with Gasteiger partial charge in [-0.3, -0.25) is 0 Å². The molecule has 0 aliphatic heterocycles. The molecule has 0 fully saturated rings. The summed E-state index contributed by atoms with van der Waals surface area (Å²) in [7, 11) is 0. The van der Waals surface area contributed by atoms with Crippen LogP contribution < -0.4 is 9.80 Å². The minimum absolute atomic E-state index is 1.11. The van der Waals surface area contributed by atoms with Gasteiger partial charge in [0.15, 0.2) is 0 Å². The molecule has 6 aromatic rings. The molecule has 0 aliphatic carbocycles. The Balaban J connectivity index is 1.29. The van der Waals surface area contributed by atoms with Gasteiger partial charge in [-0.25, -0.2) is 0 Å². The highest BCUT2D eigenvalue weighted by atomic mass is 15.1. The molecular formula is C44H44N2. The van der Waals surface area contributed by atoms with E-state index in [2.05, 4.69) is 181 Å². The van der Waals surface area contributed by atoms with E-state index in [0.29, 0.717) is 0 Å². The molecule has 230 valence electrons. The van der Waals surface area contributed by atoms with Crippen molar-refractivity contribution >= 4 is 34.1 Å². The SMILES string of the molecule is CCCCc1cccc(N(c2ccccc2)c2ccc(-c3ccc(N(c4ccccc4)c4cccc(CCCC)c4)cc3)cc2)c1. The second kappa shape index (κ2) is 15.3. The molecule has 0 unspecified atom stereocenters. The fourth-order valence-electron chi connectivity index (χ4n) is 6.12. The van der Waals surface area contributed by atoms with Gasteiger partial charge in [-0.1, -0.05) is 112 Å². The molecule has 0 N–H and O–H groups in total. The van der Waals surface area contributed by atoms with E-state index in [1.165, 1.54) is 59.3 Å². The van der Waals surface area contributed by atoms with Crippen LogP contribution in [0.15, 0.2) is 158 Å². The maximum atomic E-state index is 2.36. The van der Waals surface area contributed by atoms with Crippen LogP contribution in [0, 0.1) is 0 Å². The number of hydrogen-bond donors (Lipinski definition) is 0. The summed E-state index contributed by atoms with van der Waals surface area (Å²) in [6.45, 7) is 4.50. The van der Waals surface area contributed by atoms with Gasteiger partial charge in [0.25, 0.3) is 0 Å². The van der Waals surface area contributed by atoms with Crippen molar-refractivity contribution in [1.82, 2.24) is 0 Å². The lowest BCUT2D eigenvalue weighted by atomic mass is 10.0. The lowest BCUT2D eigenvalue weighted by Gasteiger charge is -2.26. The molecule has 0 aromatic heterocycles. The van der Waals surface area contributed by atoms with Crippen molar-refractivity contribution < 1.29 is 0 Å². The van der Waals surface area contributed by atoms with E-state index in [4.69, 9.17) is 0 Å². The summed E-state index contributed by atoms with van der Waals surface area (Å²) < 4.78 is 0. The number of hydrogen-bond acceptors (Lipinski definition) is 2. The Labute approximate surface area is 275 Å². The van der Waals surface area contributed by atoms with Gasteiger partial charge >= 0.3 is 0 Å². The van der Waals surface area contributed by atoms with Crippen molar-refractivity contribution in [3.8, 4) is 11.1 Å². The summed E-state index contributed by atoms with van der Waals surface area (Å²) in [6, 6.07) is 57.3. The Morgan fingerprint density at radius 1 is 0.348 bits per heavy atom. The normalized spacial score (nSPS) is 10.9. The van der Waals surface area contributed by atoms with Crippen molar-refractivity contribution in [3.63, 3.8) is 0 Å². The molecule has 0 saturated heterocycles. The molecule has 0 radical (unpaired) electrons. The number of unbranched alkanes of at least 4 members (excludes halogenated alkanes) is 2. The number of para-hydroxylation sites is 2. The molecule has 0 spiro atoms. The minimum atomic E-state index is 1.11. The summed E-state index contributed by atoms with van der Waals surface area (Å²) in [5.41, 5.74) is 12.2. The highest BCUT2D eigenvalue weighted by molar-refractivity contribution is 5.81. The van der Waals surface area contributed by atoms with E-state index in [1.807, 2.05) is 0 Å². The minimum Gasteiger partial charge on any atom is -0.310 e. The van der Waals surface area contributed by atoms with Crippen LogP contribution in [0.25, 0.3) is 11.1 Å². The van der Waals surface area contributed by atoms with Gasteiger partial charge in [-0.05, 0) is 121 Å². The third kappa shape index (κ3) is 7.41. The maximum Gasteiger partial charge on any atom is 0.0464 e. The summed E-state index contributed by atoms with van der Waals surface area (Å²) in [6.07, 6.45) is 7.02. The summed E-state index contributed by atoms with van der Waals surface area (Å²) in [5.74, 6) is 0. The van der Waals surface area contributed by atoms with E-state index in [0.717, 1.165) is 35.6 Å². The first-order valence-electron chi connectivity index (χ1n) is 16.8. The van der Waals surface area contributed by atoms with Gasteiger partial charge in [-0.15, -0.1) is 0 Å². The zero-order valence-electron chi connectivity index (χ0n) is 27.1. The Morgan fingerprint density at radius 3 is 1.07 bits per heavy atom. The van der Waals surface area contributed by atoms with Crippen molar-refractivity contribution in [2.24, 2.45) is 0 Å². The van der Waals surface area contributed by atoms with Crippen LogP contribution >= 0.6 is 0 Å². The fourth-order valence-corrected chi connectivity index (χ4v) is 6.12. The van der Waals surface area contributed by atoms with Crippen LogP contribution in [-0.4, -0.2) is 0 Å². The third-order valence-electron chi connectivity index (χ3n) is 8.59. The summed E-state index contributed by atoms with van der Waals surface area (Å²) in [5, 5.41) is 0. The van der Waals surface area contributed by atoms with Crippen LogP contribution in [0.5, 0.6) is 0 Å². The first-order chi connectivity index (χ1) is 22.7. The van der Waals surface area contributed by atoms with Crippen LogP contribution in [0.3, 0.4) is 0 Å². The Bertz CT molecular complexity index is 1660. The summed E-state index contributed by atoms with van der Waals surface area (Å²) >= 11 is 0. The Morgan fingerprint density at radius 2 is 0.696 bits per heavy atom. The maximum absolute atomic E-state index is 2.36. The molecule has 46 heavy (non-hydrogen) atoms. The first-order valence-corrected chi connectivity index (χ1v) is 16.8. The van der Waals surface area contributed by atoms with Crippen LogP contribution in [0.2, 0.25) is 0 Å². The third-order valence-corrected chi connectivity index (χ3v) is 8.59. The number of benzene rings is 6. The molecule has 6 aromatic carbocycles. The predicted octanol–water partition coefficient (Wildman–Crippen LogP) is 13.0. The quantitative estimate of drug-likeness (QED) is 0.130. The van der Waals surface area contributed by atoms with E-state index < -0.39 is 0 Å². The molecule has 0 atom stereocenters. The van der Waals surface area contributed by atoms with Crippen molar-refractivity contribution in [2.45, 2.75) is 52.4 Å². The zero-order chi connectivity index (χ0) is 31.6. The average Bonchev–Trinajstić information content (AvgIpc) is 3.12. The van der Waals surface area contributed by atoms with Gasteiger partial charge in [0.05, 0.1) is 0 Å². The van der Waals surface area contributed by atoms with Crippen molar-refractivity contribution in [3.05, 3.63) is 169 Å². The predicted molar refractivity (Wildman–Crippen MR) is 198 cm³/mol. The number of anilines is 6. The number of rotatable bonds is 13. The van der Waals surface area contributed by atoms with Crippen molar-refractivity contribution in [2.75, 3.05) is 9.80 Å². The first kappa shape index (κ1) is 30.9. The standard InChI is InChI=1S/C44H44N2/c1-3-5-15-35-17-13-23-43(33-35)45(39-19-9-7-10-20-39)41-29-25-37(26-30-41)38-27-31-42(32-28-38)46(40-21-11-8-12-22-40)44-24-14-18-36(34-44)16-6-4-2/h7-14,17-34H,3-6,15-16H2,1-2H3. The lowest BCUT2D eigenvalue weighted by Crippen LogP contribution is -2.10. The van der Waals surface area contributed by atoms with Gasteiger partial charge in [0.2, 0.25) is 0 Å². The number of aryl methyl sites for hydroxylation is 2.